The fraction of sp³-hybridized carbons (Fsp3) is 0.600. The fourth-order valence-electron chi connectivity index (χ4n) is 3.16. The second-order valence-corrected chi connectivity index (χ2v) is 8.94. The molecular formula is C20H29Cl2N3O3. The van der Waals surface area contributed by atoms with Crippen LogP contribution < -0.4 is 10.6 Å². The third kappa shape index (κ3) is 6.83. The van der Waals surface area contributed by atoms with Crippen molar-refractivity contribution in [2.75, 3.05) is 25.0 Å². The first kappa shape index (κ1) is 22.8. The number of benzene rings is 1. The minimum absolute atomic E-state index is 0.134. The van der Waals surface area contributed by atoms with Crippen LogP contribution >= 0.6 is 23.2 Å². The molecular weight excluding hydrogens is 401 g/mol. The summed E-state index contributed by atoms with van der Waals surface area (Å²) >= 11 is 12.2. The molecule has 1 aromatic carbocycles. The minimum atomic E-state index is -0.517. The van der Waals surface area contributed by atoms with E-state index >= 15 is 0 Å². The summed E-state index contributed by atoms with van der Waals surface area (Å²) in [5, 5.41) is 6.42. The molecule has 2 atom stereocenters. The van der Waals surface area contributed by atoms with Crippen molar-refractivity contribution in [1.29, 1.82) is 0 Å². The molecule has 0 radical (unpaired) electrons. The number of carbonyl (C=O) groups excluding carboxylic acids is 2. The predicted molar refractivity (Wildman–Crippen MR) is 113 cm³/mol. The average molecular weight is 430 g/mol. The molecule has 1 fully saturated rings. The van der Waals surface area contributed by atoms with Gasteiger partial charge in [-0.05, 0) is 65.1 Å². The first-order valence-corrected chi connectivity index (χ1v) is 10.3. The number of hydrogen-bond donors (Lipinski definition) is 2. The van der Waals surface area contributed by atoms with Gasteiger partial charge in [-0.15, -0.1) is 0 Å². The highest BCUT2D eigenvalue weighted by molar-refractivity contribution is 6.44. The number of anilines is 1. The Hall–Kier alpha value is -1.50. The van der Waals surface area contributed by atoms with Crippen LogP contribution in [-0.4, -0.2) is 48.2 Å². The van der Waals surface area contributed by atoms with Crippen molar-refractivity contribution in [1.82, 2.24) is 10.2 Å². The van der Waals surface area contributed by atoms with Crippen LogP contribution in [0.15, 0.2) is 18.2 Å². The Kier molecular flexibility index (Phi) is 7.98. The van der Waals surface area contributed by atoms with Crippen LogP contribution in [0.2, 0.25) is 10.0 Å². The first-order valence-electron chi connectivity index (χ1n) is 9.52. The third-order valence-electron chi connectivity index (χ3n) is 4.62. The van der Waals surface area contributed by atoms with E-state index in [1.807, 2.05) is 27.7 Å². The number of piperidine rings is 1. The molecule has 0 bridgehead atoms. The molecule has 2 amide bonds. The number of amides is 2. The van der Waals surface area contributed by atoms with E-state index in [9.17, 15) is 9.59 Å². The number of halogens is 2. The van der Waals surface area contributed by atoms with E-state index in [0.717, 1.165) is 25.9 Å². The standard InChI is InChI=1S/C20H29Cl2N3O3/c1-13(18(26)24-16-9-5-8-15(21)17(16)22)25-10-6-7-14(12-25)11-23-19(27)28-20(2,3)4/h5,8-9,13-14H,6-7,10-12H2,1-4H3,(H,23,27)(H,24,26). The van der Waals surface area contributed by atoms with Gasteiger partial charge in [-0.1, -0.05) is 29.3 Å². The number of nitrogens with one attached hydrogen (secondary N) is 2. The van der Waals surface area contributed by atoms with Crippen molar-refractivity contribution in [3.05, 3.63) is 28.2 Å². The van der Waals surface area contributed by atoms with Gasteiger partial charge in [0.2, 0.25) is 5.91 Å². The molecule has 156 valence electrons. The number of ether oxygens (including phenoxy) is 1. The highest BCUT2D eigenvalue weighted by atomic mass is 35.5. The smallest absolute Gasteiger partial charge is 0.407 e. The van der Waals surface area contributed by atoms with Gasteiger partial charge < -0.3 is 15.4 Å². The average Bonchev–Trinajstić information content (AvgIpc) is 2.62. The van der Waals surface area contributed by atoms with Gasteiger partial charge in [0, 0.05) is 13.1 Å². The summed E-state index contributed by atoms with van der Waals surface area (Å²) in [7, 11) is 0. The number of rotatable bonds is 5. The number of alkyl carbamates (subject to hydrolysis) is 1. The van der Waals surface area contributed by atoms with Crippen LogP contribution in [0.1, 0.15) is 40.5 Å². The topological polar surface area (TPSA) is 70.7 Å². The van der Waals surface area contributed by atoms with E-state index in [1.165, 1.54) is 0 Å². The van der Waals surface area contributed by atoms with Crippen molar-refractivity contribution < 1.29 is 14.3 Å². The van der Waals surface area contributed by atoms with E-state index in [0.29, 0.717) is 22.3 Å². The maximum Gasteiger partial charge on any atom is 0.407 e. The van der Waals surface area contributed by atoms with Crippen LogP contribution in [-0.2, 0) is 9.53 Å². The first-order chi connectivity index (χ1) is 13.1. The molecule has 2 N–H and O–H groups in total. The summed E-state index contributed by atoms with van der Waals surface area (Å²) in [6.45, 7) is 9.47. The molecule has 1 aliphatic heterocycles. The van der Waals surface area contributed by atoms with Crippen molar-refractivity contribution in [3.63, 3.8) is 0 Å². The highest BCUT2D eigenvalue weighted by Gasteiger charge is 2.28. The monoisotopic (exact) mass is 429 g/mol. The molecule has 1 heterocycles. The van der Waals surface area contributed by atoms with Crippen LogP contribution in [0.3, 0.4) is 0 Å². The number of carbonyl (C=O) groups is 2. The summed E-state index contributed by atoms with van der Waals surface area (Å²) in [5.41, 5.74) is -0.0113. The molecule has 1 aromatic rings. The van der Waals surface area contributed by atoms with Crippen LogP contribution in [0.5, 0.6) is 0 Å². The van der Waals surface area contributed by atoms with Gasteiger partial charge in [-0.25, -0.2) is 4.79 Å². The van der Waals surface area contributed by atoms with Gasteiger partial charge in [-0.3, -0.25) is 9.69 Å². The zero-order chi connectivity index (χ0) is 20.9. The largest absolute Gasteiger partial charge is 0.444 e. The Balaban J connectivity index is 1.87. The molecule has 0 aliphatic carbocycles. The Morgan fingerprint density at radius 1 is 1.32 bits per heavy atom. The lowest BCUT2D eigenvalue weighted by Crippen LogP contribution is -2.49. The Bertz CT molecular complexity index is 706. The zero-order valence-corrected chi connectivity index (χ0v) is 18.4. The summed E-state index contributed by atoms with van der Waals surface area (Å²) in [6.07, 6.45) is 1.56. The van der Waals surface area contributed by atoms with E-state index in [-0.39, 0.29) is 17.9 Å². The lowest BCUT2D eigenvalue weighted by atomic mass is 9.96. The molecule has 0 aromatic heterocycles. The van der Waals surface area contributed by atoms with Gasteiger partial charge in [-0.2, -0.15) is 0 Å². The molecule has 0 saturated carbocycles. The quantitative estimate of drug-likeness (QED) is 0.719. The SMILES string of the molecule is CC(C(=O)Nc1cccc(Cl)c1Cl)N1CCCC(CNC(=O)OC(C)(C)C)C1. The summed E-state index contributed by atoms with van der Waals surface area (Å²) in [4.78, 5) is 26.6. The summed E-state index contributed by atoms with van der Waals surface area (Å²) < 4.78 is 5.28. The summed E-state index contributed by atoms with van der Waals surface area (Å²) in [5.74, 6) is 0.135. The Labute approximate surface area is 176 Å². The molecule has 0 spiro atoms. The van der Waals surface area contributed by atoms with E-state index < -0.39 is 11.7 Å². The maximum absolute atomic E-state index is 12.7. The van der Waals surface area contributed by atoms with Crippen LogP contribution in [0.25, 0.3) is 0 Å². The van der Waals surface area contributed by atoms with Gasteiger partial charge in [0.25, 0.3) is 0 Å². The highest BCUT2D eigenvalue weighted by Crippen LogP contribution is 2.30. The number of hydrogen-bond acceptors (Lipinski definition) is 4. The van der Waals surface area contributed by atoms with E-state index in [4.69, 9.17) is 27.9 Å². The predicted octanol–water partition coefficient (Wildman–Crippen LogP) is 4.56. The second-order valence-electron chi connectivity index (χ2n) is 8.15. The molecule has 8 heteroatoms. The molecule has 1 aliphatic rings. The van der Waals surface area contributed by atoms with Crippen molar-refractivity contribution >= 4 is 40.9 Å². The summed E-state index contributed by atoms with van der Waals surface area (Å²) in [6, 6.07) is 4.83. The van der Waals surface area contributed by atoms with E-state index in [1.54, 1.807) is 18.2 Å². The normalized spacial score (nSPS) is 19.0. The number of nitrogens with zero attached hydrogens (tertiary/aromatic N) is 1. The molecule has 2 rings (SSSR count). The minimum Gasteiger partial charge on any atom is -0.444 e. The molecule has 28 heavy (non-hydrogen) atoms. The van der Waals surface area contributed by atoms with E-state index in [2.05, 4.69) is 15.5 Å². The van der Waals surface area contributed by atoms with Crippen LogP contribution in [0, 0.1) is 5.92 Å². The lowest BCUT2D eigenvalue weighted by Gasteiger charge is -2.36. The third-order valence-corrected chi connectivity index (χ3v) is 5.44. The Morgan fingerprint density at radius 3 is 2.71 bits per heavy atom. The second kappa shape index (κ2) is 9.81. The molecule has 6 nitrogen and oxygen atoms in total. The zero-order valence-electron chi connectivity index (χ0n) is 16.9. The molecule has 2 unspecified atom stereocenters. The van der Waals surface area contributed by atoms with Gasteiger partial charge in [0.15, 0.2) is 0 Å². The van der Waals surface area contributed by atoms with Crippen molar-refractivity contribution in [2.45, 2.75) is 52.2 Å². The molecule has 1 saturated heterocycles. The number of likely N-dealkylation sites (tertiary alicyclic amines) is 1. The maximum atomic E-state index is 12.7. The van der Waals surface area contributed by atoms with Crippen molar-refractivity contribution in [3.8, 4) is 0 Å². The van der Waals surface area contributed by atoms with Gasteiger partial charge in [0.05, 0.1) is 21.8 Å². The Morgan fingerprint density at radius 2 is 2.04 bits per heavy atom. The van der Waals surface area contributed by atoms with Gasteiger partial charge in [0.1, 0.15) is 5.60 Å². The van der Waals surface area contributed by atoms with Crippen LogP contribution in [0.4, 0.5) is 10.5 Å². The lowest BCUT2D eigenvalue weighted by molar-refractivity contribution is -0.121. The van der Waals surface area contributed by atoms with Crippen molar-refractivity contribution in [2.24, 2.45) is 5.92 Å². The van der Waals surface area contributed by atoms with Gasteiger partial charge >= 0.3 is 6.09 Å². The fourth-order valence-corrected chi connectivity index (χ4v) is 3.51.